The van der Waals surface area contributed by atoms with Gasteiger partial charge in [-0.05, 0) is 124 Å². The molecule has 1 aromatic heterocycles. The molecule has 60 heavy (non-hydrogen) atoms. The number of phenols is 1. The third kappa shape index (κ3) is 7.93. The average Bonchev–Trinajstić information content (AvgIpc) is 3.27. The van der Waals surface area contributed by atoms with Crippen LogP contribution in [0, 0.1) is 5.92 Å². The molecule has 4 aromatic rings. The smallest absolute Gasteiger partial charge is 0.234 e. The zero-order valence-corrected chi connectivity index (χ0v) is 34.7. The van der Waals surface area contributed by atoms with Gasteiger partial charge in [0, 0.05) is 68.5 Å². The van der Waals surface area contributed by atoms with E-state index in [2.05, 4.69) is 65.9 Å². The standard InChI is InChI=1S/C48H57N7O5/c1-60-39-7-4-6-35(28-39)48(21-26-54(27-22-48)38-29-42(52-49-31-38)41-8-2-3-9-43(41)56)46(59)50-36-18-25-55(47(30-36)19-5-20-47)32-33-16-23-53(24-17-33)37-12-10-34(11-13-37)40-14-15-44(57)51-45(40)58/h2-4,6-13,28-29,31,33,36,40,56H,5,14-27,30,32H2,1H3,(H,50,59)(H,51,57,58)/t36?,40-/m1/s1. The molecule has 1 unspecified atom stereocenters. The number of nitrogens with zero attached hydrogens (tertiary/aromatic N) is 5. The molecule has 4 saturated heterocycles. The maximum absolute atomic E-state index is 14.8. The Bertz CT molecular complexity index is 2190. The van der Waals surface area contributed by atoms with Crippen molar-refractivity contribution in [3.05, 3.63) is 96.2 Å². The first-order valence-electron chi connectivity index (χ1n) is 22.0. The lowest BCUT2D eigenvalue weighted by molar-refractivity contribution is -0.134. The second kappa shape index (κ2) is 16.9. The number of nitrogens with one attached hydrogen (secondary N) is 2. The number of carbonyl (C=O) groups is 3. The van der Waals surface area contributed by atoms with Crippen molar-refractivity contribution in [1.29, 1.82) is 0 Å². The Balaban J connectivity index is 0.827. The van der Waals surface area contributed by atoms with Gasteiger partial charge in [-0.15, -0.1) is 0 Å². The fourth-order valence-corrected chi connectivity index (χ4v) is 10.8. The number of imide groups is 1. The van der Waals surface area contributed by atoms with E-state index in [0.29, 0.717) is 55.9 Å². The van der Waals surface area contributed by atoms with E-state index >= 15 is 0 Å². The second-order valence-corrected chi connectivity index (χ2v) is 17.8. The summed E-state index contributed by atoms with van der Waals surface area (Å²) in [5.74, 6) is 1.05. The summed E-state index contributed by atoms with van der Waals surface area (Å²) >= 11 is 0. The zero-order valence-electron chi connectivity index (χ0n) is 34.7. The predicted octanol–water partition coefficient (Wildman–Crippen LogP) is 6.34. The average molecular weight is 812 g/mol. The molecule has 5 heterocycles. The second-order valence-electron chi connectivity index (χ2n) is 17.8. The number of hydrogen-bond donors (Lipinski definition) is 3. The van der Waals surface area contributed by atoms with Gasteiger partial charge in [-0.25, -0.2) is 0 Å². The number of anilines is 2. The monoisotopic (exact) mass is 811 g/mol. The number of hydrogen-bond acceptors (Lipinski definition) is 10. The van der Waals surface area contributed by atoms with Gasteiger partial charge in [-0.3, -0.25) is 24.6 Å². The van der Waals surface area contributed by atoms with Gasteiger partial charge in [-0.2, -0.15) is 10.2 Å². The van der Waals surface area contributed by atoms with Gasteiger partial charge < -0.3 is 25.0 Å². The Morgan fingerprint density at radius 1 is 0.867 bits per heavy atom. The normalized spacial score (nSPS) is 23.1. The minimum absolute atomic E-state index is 0.114. The molecule has 1 saturated carbocycles. The third-order valence-electron chi connectivity index (χ3n) is 14.5. The molecule has 1 aliphatic carbocycles. The molecular formula is C48H57N7O5. The van der Waals surface area contributed by atoms with E-state index in [4.69, 9.17) is 4.74 Å². The summed E-state index contributed by atoms with van der Waals surface area (Å²) in [4.78, 5) is 46.4. The molecular weight excluding hydrogens is 755 g/mol. The molecule has 2 atom stereocenters. The zero-order chi connectivity index (χ0) is 41.3. The number of ether oxygens (including phenoxy) is 1. The van der Waals surface area contributed by atoms with E-state index in [1.165, 1.54) is 24.9 Å². The van der Waals surface area contributed by atoms with Crippen molar-refractivity contribution >= 4 is 29.1 Å². The number of para-hydroxylation sites is 1. The van der Waals surface area contributed by atoms with E-state index in [-0.39, 0.29) is 41.0 Å². The van der Waals surface area contributed by atoms with Crippen molar-refractivity contribution in [3.63, 3.8) is 0 Å². The molecule has 12 heteroatoms. The van der Waals surface area contributed by atoms with E-state index in [1.54, 1.807) is 25.4 Å². The molecule has 3 amide bonds. The molecule has 5 aliphatic rings. The minimum atomic E-state index is -0.699. The van der Waals surface area contributed by atoms with Gasteiger partial charge in [0.2, 0.25) is 17.7 Å². The summed E-state index contributed by atoms with van der Waals surface area (Å²) in [6.45, 7) is 5.49. The predicted molar refractivity (Wildman–Crippen MR) is 231 cm³/mol. The van der Waals surface area contributed by atoms with Crippen LogP contribution < -0.4 is 25.2 Å². The van der Waals surface area contributed by atoms with Crippen LogP contribution in [-0.4, -0.2) is 95.9 Å². The van der Waals surface area contributed by atoms with Crippen LogP contribution in [0.4, 0.5) is 11.4 Å². The Kier molecular flexibility index (Phi) is 11.2. The Morgan fingerprint density at radius 3 is 2.35 bits per heavy atom. The number of rotatable bonds is 10. The minimum Gasteiger partial charge on any atom is -0.507 e. The summed E-state index contributed by atoms with van der Waals surface area (Å²) in [6, 6.07) is 25.7. The highest BCUT2D eigenvalue weighted by Gasteiger charge is 2.49. The van der Waals surface area contributed by atoms with Crippen LogP contribution >= 0.6 is 0 Å². The highest BCUT2D eigenvalue weighted by atomic mass is 16.5. The van der Waals surface area contributed by atoms with Crippen molar-refractivity contribution in [1.82, 2.24) is 25.7 Å². The lowest BCUT2D eigenvalue weighted by atomic mass is 9.67. The van der Waals surface area contributed by atoms with Gasteiger partial charge in [0.25, 0.3) is 0 Å². The molecule has 1 spiro atoms. The van der Waals surface area contributed by atoms with Gasteiger partial charge in [-0.1, -0.05) is 36.4 Å². The first kappa shape index (κ1) is 39.9. The third-order valence-corrected chi connectivity index (χ3v) is 14.5. The molecule has 0 bridgehead atoms. The number of phenolic OH excluding ortho intramolecular Hbond substituents is 1. The highest BCUT2D eigenvalue weighted by Crippen LogP contribution is 2.46. The Morgan fingerprint density at radius 2 is 1.63 bits per heavy atom. The van der Waals surface area contributed by atoms with Crippen molar-refractivity contribution in [2.24, 2.45) is 5.92 Å². The molecule has 0 radical (unpaired) electrons. The SMILES string of the molecule is COc1cccc(C2(C(=O)NC3CCN(CC4CCN(c5ccc([C@H]6CCC(=O)NC6=O)cc5)CC4)C4(CCC4)C3)CCN(c3cnnc(-c4ccccc4O)c3)CC2)c1. The van der Waals surface area contributed by atoms with Crippen LogP contribution in [0.1, 0.15) is 87.7 Å². The molecule has 314 valence electrons. The highest BCUT2D eigenvalue weighted by molar-refractivity contribution is 6.01. The Hall–Kier alpha value is -5.49. The fourth-order valence-electron chi connectivity index (χ4n) is 10.8. The molecule has 9 rings (SSSR count). The number of aromatic hydroxyl groups is 1. The van der Waals surface area contributed by atoms with Crippen molar-refractivity contribution < 1.29 is 24.2 Å². The van der Waals surface area contributed by atoms with Crippen LogP contribution in [0.25, 0.3) is 11.3 Å². The summed E-state index contributed by atoms with van der Waals surface area (Å²) in [5, 5.41) is 25.2. The quantitative estimate of drug-likeness (QED) is 0.156. The van der Waals surface area contributed by atoms with E-state index in [0.717, 1.165) is 74.4 Å². The van der Waals surface area contributed by atoms with Gasteiger partial charge in [0.1, 0.15) is 11.5 Å². The van der Waals surface area contributed by atoms with E-state index in [1.807, 2.05) is 36.4 Å². The number of benzene rings is 3. The summed E-state index contributed by atoms with van der Waals surface area (Å²) in [5.41, 5.74) is 4.81. The largest absolute Gasteiger partial charge is 0.507 e. The number of carbonyl (C=O) groups excluding carboxylic acids is 3. The number of aromatic nitrogens is 2. The maximum atomic E-state index is 14.8. The van der Waals surface area contributed by atoms with Crippen molar-refractivity contribution in [2.75, 3.05) is 56.2 Å². The summed E-state index contributed by atoms with van der Waals surface area (Å²) in [6.07, 6.45) is 11.9. The van der Waals surface area contributed by atoms with Crippen LogP contribution in [0.5, 0.6) is 11.5 Å². The van der Waals surface area contributed by atoms with Gasteiger partial charge in [0.05, 0.1) is 36.0 Å². The lowest BCUT2D eigenvalue weighted by Crippen LogP contribution is -2.64. The first-order valence-corrected chi connectivity index (χ1v) is 22.0. The van der Waals surface area contributed by atoms with Crippen LogP contribution in [0.2, 0.25) is 0 Å². The topological polar surface area (TPSA) is 140 Å². The fraction of sp³-hybridized carbons (Fsp3) is 0.479. The first-order chi connectivity index (χ1) is 29.2. The van der Waals surface area contributed by atoms with Crippen molar-refractivity contribution in [2.45, 2.75) is 93.5 Å². The maximum Gasteiger partial charge on any atom is 0.234 e. The molecule has 3 N–H and O–H groups in total. The van der Waals surface area contributed by atoms with E-state index in [9.17, 15) is 19.5 Å². The van der Waals surface area contributed by atoms with Crippen LogP contribution in [0.3, 0.4) is 0 Å². The lowest BCUT2D eigenvalue weighted by Gasteiger charge is -2.56. The molecule has 4 aliphatic heterocycles. The van der Waals surface area contributed by atoms with Crippen LogP contribution in [-0.2, 0) is 19.8 Å². The number of likely N-dealkylation sites (tertiary alicyclic amines) is 1. The number of methoxy groups -OCH3 is 1. The molecule has 3 aromatic carbocycles. The summed E-state index contributed by atoms with van der Waals surface area (Å²) in [7, 11) is 1.67. The molecule has 5 fully saturated rings. The number of piperidine rings is 4. The van der Waals surface area contributed by atoms with Crippen molar-refractivity contribution in [3.8, 4) is 22.8 Å². The molecule has 12 nitrogen and oxygen atoms in total. The van der Waals surface area contributed by atoms with Gasteiger partial charge in [0.15, 0.2) is 0 Å². The number of amides is 3. The Labute approximate surface area is 352 Å². The van der Waals surface area contributed by atoms with E-state index < -0.39 is 5.41 Å². The van der Waals surface area contributed by atoms with Crippen LogP contribution in [0.15, 0.2) is 85.1 Å². The summed E-state index contributed by atoms with van der Waals surface area (Å²) < 4.78 is 5.65. The van der Waals surface area contributed by atoms with Gasteiger partial charge >= 0.3 is 0 Å².